The Morgan fingerprint density at radius 2 is 1.39 bits per heavy atom. The maximum Gasteiger partial charge on any atom is 0.269 e. The summed E-state index contributed by atoms with van der Waals surface area (Å²) in [6, 6.07) is 35.1. The molecule has 0 radical (unpaired) electrons. The topological polar surface area (TPSA) is 85.1 Å². The van der Waals surface area contributed by atoms with Gasteiger partial charge in [0.15, 0.2) is 0 Å². The summed E-state index contributed by atoms with van der Waals surface area (Å²) >= 11 is 0. The molecule has 0 aliphatic heterocycles. The molecule has 0 saturated carbocycles. The van der Waals surface area contributed by atoms with E-state index in [0.717, 1.165) is 22.1 Å². The number of carbonyl (C=O) groups is 1. The molecule has 0 fully saturated rings. The van der Waals surface area contributed by atoms with E-state index in [1.807, 2.05) is 91.0 Å². The number of benzene rings is 4. The van der Waals surface area contributed by atoms with Gasteiger partial charge in [-0.1, -0.05) is 91.0 Å². The Morgan fingerprint density at radius 1 is 0.778 bits per heavy atom. The van der Waals surface area contributed by atoms with Crippen molar-refractivity contribution in [2.24, 2.45) is 0 Å². The van der Waals surface area contributed by atoms with Gasteiger partial charge in [-0.25, -0.2) is 0 Å². The monoisotopic (exact) mass is 473 g/mol. The number of hydrogen-bond acceptors (Lipinski definition) is 4. The van der Waals surface area contributed by atoms with Gasteiger partial charge in [0, 0.05) is 23.7 Å². The number of hydrogen-bond donors (Lipinski definition) is 1. The van der Waals surface area contributed by atoms with Crippen molar-refractivity contribution in [2.45, 2.75) is 11.8 Å². The fourth-order valence-corrected chi connectivity index (χ4v) is 4.63. The quantitative estimate of drug-likeness (QED) is 0.222. The predicted octanol–water partition coefficient (Wildman–Crippen LogP) is 6.31. The molecular weight excluding hydrogens is 450 g/mol. The first-order valence-electron chi connectivity index (χ1n) is 11.6. The van der Waals surface area contributed by atoms with Crippen molar-refractivity contribution in [3.63, 3.8) is 0 Å². The minimum absolute atomic E-state index is 0.00931. The average Bonchev–Trinajstić information content (AvgIpc) is 2.93. The second-order valence-electron chi connectivity index (χ2n) is 8.57. The SMILES string of the molecule is O=C(Nc1cccc2cccnc12)C(Cc1ccc([N+](=O)[O-])cc1)(c1ccccc1)c1ccccc1. The van der Waals surface area contributed by atoms with Crippen LogP contribution in [0.5, 0.6) is 0 Å². The van der Waals surface area contributed by atoms with Crippen LogP contribution in [-0.2, 0) is 16.6 Å². The molecule has 0 aliphatic rings. The first-order chi connectivity index (χ1) is 17.6. The van der Waals surface area contributed by atoms with Gasteiger partial charge in [-0.3, -0.25) is 19.9 Å². The van der Waals surface area contributed by atoms with E-state index in [2.05, 4.69) is 10.3 Å². The number of nitrogens with zero attached hydrogens (tertiary/aromatic N) is 2. The number of anilines is 1. The largest absolute Gasteiger partial charge is 0.323 e. The van der Waals surface area contributed by atoms with Crippen molar-refractivity contribution in [3.05, 3.63) is 148 Å². The maximum absolute atomic E-state index is 14.4. The van der Waals surface area contributed by atoms with Gasteiger partial charge in [0.2, 0.25) is 5.91 Å². The Labute approximate surface area is 208 Å². The number of nitrogens with one attached hydrogen (secondary N) is 1. The summed E-state index contributed by atoms with van der Waals surface area (Å²) < 4.78 is 0. The lowest BCUT2D eigenvalue weighted by Gasteiger charge is -2.34. The summed E-state index contributed by atoms with van der Waals surface area (Å²) in [5, 5.41) is 15.3. The van der Waals surface area contributed by atoms with Crippen LogP contribution in [0.25, 0.3) is 10.9 Å². The summed E-state index contributed by atoms with van der Waals surface area (Å²) in [4.78, 5) is 29.7. The van der Waals surface area contributed by atoms with Crippen LogP contribution in [0.15, 0.2) is 121 Å². The molecule has 4 aromatic carbocycles. The van der Waals surface area contributed by atoms with E-state index in [1.54, 1.807) is 18.3 Å². The van der Waals surface area contributed by atoms with E-state index < -0.39 is 10.3 Å². The summed E-state index contributed by atoms with van der Waals surface area (Å²) in [6.45, 7) is 0. The molecule has 0 aliphatic carbocycles. The molecule has 0 spiro atoms. The van der Waals surface area contributed by atoms with Crippen LogP contribution in [0.3, 0.4) is 0 Å². The van der Waals surface area contributed by atoms with Crippen molar-refractivity contribution in [1.29, 1.82) is 0 Å². The molecule has 6 nitrogen and oxygen atoms in total. The molecule has 6 heteroatoms. The molecule has 1 amide bonds. The number of rotatable bonds is 7. The van der Waals surface area contributed by atoms with Gasteiger partial charge in [-0.15, -0.1) is 0 Å². The van der Waals surface area contributed by atoms with Gasteiger partial charge >= 0.3 is 0 Å². The molecule has 5 rings (SSSR count). The second-order valence-corrected chi connectivity index (χ2v) is 8.57. The molecule has 0 bridgehead atoms. The standard InChI is InChI=1S/C30H23N3O3/c34-29(32-27-15-7-9-23-10-8-20-31-28(23)27)30(24-11-3-1-4-12-24,25-13-5-2-6-14-25)21-22-16-18-26(19-17-22)33(35)36/h1-20H,21H2,(H,32,34). The zero-order valence-corrected chi connectivity index (χ0v) is 19.4. The highest BCUT2D eigenvalue weighted by Crippen LogP contribution is 2.38. The number of aromatic nitrogens is 1. The minimum Gasteiger partial charge on any atom is -0.323 e. The van der Waals surface area contributed by atoms with Crippen LogP contribution < -0.4 is 5.32 Å². The predicted molar refractivity (Wildman–Crippen MR) is 141 cm³/mol. The van der Waals surface area contributed by atoms with Gasteiger partial charge in [0.05, 0.1) is 16.1 Å². The van der Waals surface area contributed by atoms with Crippen LogP contribution in [0.4, 0.5) is 11.4 Å². The Balaban J connectivity index is 1.67. The number of pyridine rings is 1. The highest BCUT2D eigenvalue weighted by Gasteiger charge is 2.42. The molecule has 0 unspecified atom stereocenters. The van der Waals surface area contributed by atoms with E-state index in [4.69, 9.17) is 0 Å². The third-order valence-corrected chi connectivity index (χ3v) is 6.42. The van der Waals surface area contributed by atoms with Crippen LogP contribution >= 0.6 is 0 Å². The highest BCUT2D eigenvalue weighted by atomic mass is 16.6. The van der Waals surface area contributed by atoms with Crippen molar-refractivity contribution in [1.82, 2.24) is 4.98 Å². The van der Waals surface area contributed by atoms with Crippen LogP contribution in [0.2, 0.25) is 0 Å². The summed E-state index contributed by atoms with van der Waals surface area (Å²) in [5.41, 5.74) is 2.68. The first kappa shape index (κ1) is 22.9. The molecule has 0 saturated heterocycles. The van der Waals surface area contributed by atoms with E-state index >= 15 is 0 Å². The van der Waals surface area contributed by atoms with Gasteiger partial charge in [0.25, 0.3) is 5.69 Å². The highest BCUT2D eigenvalue weighted by molar-refractivity contribution is 6.06. The number of nitro groups is 1. The Hall–Kier alpha value is -4.84. The minimum atomic E-state index is -1.10. The average molecular weight is 474 g/mol. The molecule has 176 valence electrons. The van der Waals surface area contributed by atoms with Gasteiger partial charge < -0.3 is 5.32 Å². The summed E-state index contributed by atoms with van der Waals surface area (Å²) in [5.74, 6) is -0.212. The number of nitro benzene ring substituents is 1. The second kappa shape index (κ2) is 9.80. The lowest BCUT2D eigenvalue weighted by Crippen LogP contribution is -2.43. The lowest BCUT2D eigenvalue weighted by molar-refractivity contribution is -0.384. The molecule has 0 atom stereocenters. The molecular formula is C30H23N3O3. The van der Waals surface area contributed by atoms with Crippen LogP contribution in [-0.4, -0.2) is 15.8 Å². The van der Waals surface area contributed by atoms with E-state index in [9.17, 15) is 14.9 Å². The first-order valence-corrected chi connectivity index (χ1v) is 11.6. The van der Waals surface area contributed by atoms with E-state index in [0.29, 0.717) is 17.6 Å². The number of amides is 1. The Morgan fingerprint density at radius 3 is 2.00 bits per heavy atom. The maximum atomic E-state index is 14.4. The normalized spacial score (nSPS) is 11.2. The fraction of sp³-hybridized carbons (Fsp3) is 0.0667. The fourth-order valence-electron chi connectivity index (χ4n) is 4.63. The molecule has 36 heavy (non-hydrogen) atoms. The van der Waals surface area contributed by atoms with Crippen LogP contribution in [0, 0.1) is 10.1 Å². The molecule has 1 N–H and O–H groups in total. The van der Waals surface area contributed by atoms with Gasteiger partial charge in [0.1, 0.15) is 5.41 Å². The Bertz CT molecular complexity index is 1470. The third-order valence-electron chi connectivity index (χ3n) is 6.42. The summed E-state index contributed by atoms with van der Waals surface area (Å²) in [7, 11) is 0. The number of carbonyl (C=O) groups excluding carboxylic acids is 1. The zero-order chi connectivity index (χ0) is 25.0. The van der Waals surface area contributed by atoms with Crippen LogP contribution in [0.1, 0.15) is 16.7 Å². The summed E-state index contributed by atoms with van der Waals surface area (Å²) in [6.07, 6.45) is 2.01. The smallest absolute Gasteiger partial charge is 0.269 e. The Kier molecular flexibility index (Phi) is 6.24. The molecule has 1 heterocycles. The van der Waals surface area contributed by atoms with Crippen molar-refractivity contribution >= 4 is 28.2 Å². The number of para-hydroxylation sites is 1. The number of fused-ring (bicyclic) bond motifs is 1. The lowest BCUT2D eigenvalue weighted by atomic mass is 9.69. The van der Waals surface area contributed by atoms with Crippen molar-refractivity contribution in [3.8, 4) is 0 Å². The van der Waals surface area contributed by atoms with Gasteiger partial charge in [-0.2, -0.15) is 0 Å². The van der Waals surface area contributed by atoms with Crippen molar-refractivity contribution in [2.75, 3.05) is 5.32 Å². The van der Waals surface area contributed by atoms with E-state index in [1.165, 1.54) is 12.1 Å². The zero-order valence-electron chi connectivity index (χ0n) is 19.4. The van der Waals surface area contributed by atoms with E-state index in [-0.39, 0.29) is 11.6 Å². The molecule has 1 aromatic heterocycles. The van der Waals surface area contributed by atoms with Crippen molar-refractivity contribution < 1.29 is 9.72 Å². The third kappa shape index (κ3) is 4.32. The van der Waals surface area contributed by atoms with Gasteiger partial charge in [-0.05, 0) is 35.2 Å². The molecule has 5 aromatic rings. The number of non-ortho nitro benzene ring substituents is 1.